The Bertz CT molecular complexity index is 1010. The van der Waals surface area contributed by atoms with Crippen LogP contribution in [0.15, 0.2) is 24.4 Å². The number of thioether (sulfide) groups is 1. The number of rotatable bonds is 10. The van der Waals surface area contributed by atoms with Crippen molar-refractivity contribution in [2.75, 3.05) is 32.5 Å². The van der Waals surface area contributed by atoms with Crippen LogP contribution in [0.4, 0.5) is 0 Å². The predicted molar refractivity (Wildman–Crippen MR) is 133 cm³/mol. The lowest BCUT2D eigenvalue weighted by Crippen LogP contribution is -2.44. The Hall–Kier alpha value is -1.83. The number of hydrogen-bond donors (Lipinski definition) is 1. The van der Waals surface area contributed by atoms with Crippen LogP contribution in [0.3, 0.4) is 0 Å². The zero-order chi connectivity index (χ0) is 23.4. The number of aliphatic carboxylic acids is 1. The first-order chi connectivity index (χ1) is 16.0. The predicted octanol–water partition coefficient (Wildman–Crippen LogP) is 5.17. The molecule has 0 spiro atoms. The van der Waals surface area contributed by atoms with Crippen molar-refractivity contribution in [3.8, 4) is 5.75 Å². The monoisotopic (exact) mass is 490 g/mol. The normalized spacial score (nSPS) is 21.6. The molecule has 1 aromatic carbocycles. The molecule has 4 rings (SSSR count). The highest BCUT2D eigenvalue weighted by Crippen LogP contribution is 2.34. The second-order valence-electron chi connectivity index (χ2n) is 9.04. The number of nitrogens with zero attached hydrogens (tertiary/aromatic N) is 2. The molecule has 0 bridgehead atoms. The first kappa shape index (κ1) is 24.3. The summed E-state index contributed by atoms with van der Waals surface area (Å²) < 4.78 is 5.30. The van der Waals surface area contributed by atoms with Gasteiger partial charge in [-0.1, -0.05) is 18.0 Å². The minimum absolute atomic E-state index is 0.0107. The molecule has 1 saturated heterocycles. The average molecular weight is 491 g/mol. The number of likely N-dealkylation sites (tertiary alicyclic amines) is 1. The van der Waals surface area contributed by atoms with Gasteiger partial charge in [-0.15, -0.1) is 0 Å². The molecule has 178 valence electrons. The number of carboxylic acids is 1. The number of hydrogen-bond acceptors (Lipinski definition) is 6. The molecule has 2 aliphatic rings. The molecule has 2 heterocycles. The Morgan fingerprint density at radius 2 is 2.12 bits per heavy atom. The van der Waals surface area contributed by atoms with Gasteiger partial charge in [0.15, 0.2) is 5.78 Å². The largest absolute Gasteiger partial charge is 0.497 e. The Morgan fingerprint density at radius 3 is 2.82 bits per heavy atom. The Morgan fingerprint density at radius 1 is 1.30 bits per heavy atom. The number of benzene rings is 1. The van der Waals surface area contributed by atoms with E-state index in [4.69, 9.17) is 16.3 Å². The number of carboxylic acid groups (broad SMARTS) is 1. The maximum Gasteiger partial charge on any atom is 0.308 e. The van der Waals surface area contributed by atoms with Gasteiger partial charge in [0.1, 0.15) is 5.75 Å². The number of halogens is 1. The van der Waals surface area contributed by atoms with Gasteiger partial charge in [-0.3, -0.25) is 14.6 Å². The van der Waals surface area contributed by atoms with Crippen molar-refractivity contribution in [3.63, 3.8) is 0 Å². The topological polar surface area (TPSA) is 79.7 Å². The summed E-state index contributed by atoms with van der Waals surface area (Å²) in [7, 11) is 1.57. The number of Topliss-reactive ketones (excluding diaryl/α,β-unsaturated/α-hetero) is 1. The van der Waals surface area contributed by atoms with Crippen LogP contribution in [0, 0.1) is 11.8 Å². The Balaban J connectivity index is 1.38. The highest BCUT2D eigenvalue weighted by molar-refractivity contribution is 7.99. The van der Waals surface area contributed by atoms with Gasteiger partial charge in [-0.25, -0.2) is 0 Å². The van der Waals surface area contributed by atoms with Crippen LogP contribution < -0.4 is 4.74 Å². The standard InChI is InChI=1S/C25H31ClN2O4S/c1-32-17-6-7-22-19(13-17)24(21(26)14-27-22)23(29)8-5-16-9-10-28(15-20(16)25(30)31)11-12-33-18-3-2-4-18/h6-7,13-14,16,18,20H,2-5,8-12,15H2,1H3,(H,30,31)/t16-,20+/m0/s1. The van der Waals surface area contributed by atoms with E-state index in [1.54, 1.807) is 25.3 Å². The molecule has 2 aromatic rings. The number of carbonyl (C=O) groups excluding carboxylic acids is 1. The molecule has 1 N–H and O–H groups in total. The summed E-state index contributed by atoms with van der Waals surface area (Å²) in [5.74, 6) is 0.407. The Kier molecular flexibility index (Phi) is 8.15. The molecular weight excluding hydrogens is 460 g/mol. The summed E-state index contributed by atoms with van der Waals surface area (Å²) in [6.45, 7) is 2.40. The highest BCUT2D eigenvalue weighted by Gasteiger charge is 2.34. The van der Waals surface area contributed by atoms with E-state index >= 15 is 0 Å². The van der Waals surface area contributed by atoms with Crippen LogP contribution in [0.25, 0.3) is 10.9 Å². The first-order valence-electron chi connectivity index (χ1n) is 11.7. The van der Waals surface area contributed by atoms with Crippen molar-refractivity contribution < 1.29 is 19.4 Å². The van der Waals surface area contributed by atoms with E-state index < -0.39 is 11.9 Å². The molecule has 0 unspecified atom stereocenters. The fraction of sp³-hybridized carbons (Fsp3) is 0.560. The van der Waals surface area contributed by atoms with Gasteiger partial charge in [0, 0.05) is 47.7 Å². The van der Waals surface area contributed by atoms with Crippen LogP contribution in [-0.2, 0) is 4.79 Å². The number of methoxy groups -OCH3 is 1. The smallest absolute Gasteiger partial charge is 0.308 e. The molecule has 2 fully saturated rings. The zero-order valence-electron chi connectivity index (χ0n) is 19.0. The van der Waals surface area contributed by atoms with Crippen LogP contribution >= 0.6 is 23.4 Å². The molecule has 1 saturated carbocycles. The number of ketones is 1. The van der Waals surface area contributed by atoms with E-state index in [2.05, 4.69) is 9.88 Å². The van der Waals surface area contributed by atoms with Gasteiger partial charge in [-0.05, 0) is 56.3 Å². The van der Waals surface area contributed by atoms with E-state index in [-0.39, 0.29) is 18.1 Å². The quantitative estimate of drug-likeness (QED) is 0.460. The van der Waals surface area contributed by atoms with Crippen LogP contribution in [-0.4, -0.2) is 64.5 Å². The fourth-order valence-corrected chi connectivity index (χ4v) is 6.40. The summed E-state index contributed by atoms with van der Waals surface area (Å²) >= 11 is 8.40. The third-order valence-electron chi connectivity index (χ3n) is 7.02. The molecule has 6 nitrogen and oxygen atoms in total. The number of aromatic nitrogens is 1. The van der Waals surface area contributed by atoms with Gasteiger partial charge < -0.3 is 14.7 Å². The number of piperidine rings is 1. The van der Waals surface area contributed by atoms with Gasteiger partial charge in [0.25, 0.3) is 0 Å². The SMILES string of the molecule is COc1ccc2ncc(Cl)c(C(=O)CC[C@H]3CCN(CCSC4CCC4)C[C@H]3C(=O)O)c2c1. The average Bonchev–Trinajstić information content (AvgIpc) is 2.78. The van der Waals surface area contributed by atoms with Crippen molar-refractivity contribution in [1.29, 1.82) is 0 Å². The maximum absolute atomic E-state index is 13.2. The van der Waals surface area contributed by atoms with E-state index in [0.717, 1.165) is 30.5 Å². The number of carbonyl (C=O) groups is 2. The highest BCUT2D eigenvalue weighted by atomic mass is 35.5. The van der Waals surface area contributed by atoms with Crippen molar-refractivity contribution in [2.24, 2.45) is 11.8 Å². The van der Waals surface area contributed by atoms with E-state index in [1.165, 1.54) is 25.5 Å². The second-order valence-corrected chi connectivity index (χ2v) is 10.9. The summed E-state index contributed by atoms with van der Waals surface area (Å²) in [6.07, 6.45) is 7.11. The molecule has 0 radical (unpaired) electrons. The molecule has 1 aromatic heterocycles. The van der Waals surface area contributed by atoms with Crippen molar-refractivity contribution >= 4 is 46.0 Å². The molecule has 2 atom stereocenters. The minimum Gasteiger partial charge on any atom is -0.497 e. The third-order valence-corrected chi connectivity index (χ3v) is 8.67. The lowest BCUT2D eigenvalue weighted by Gasteiger charge is -2.37. The Labute approximate surface area is 204 Å². The van der Waals surface area contributed by atoms with E-state index in [1.807, 2.05) is 11.8 Å². The summed E-state index contributed by atoms with van der Waals surface area (Å²) in [6, 6.07) is 5.38. The fourth-order valence-electron chi connectivity index (χ4n) is 4.78. The molecule has 33 heavy (non-hydrogen) atoms. The van der Waals surface area contributed by atoms with Gasteiger partial charge in [0.2, 0.25) is 0 Å². The molecule has 0 amide bonds. The van der Waals surface area contributed by atoms with E-state index in [0.29, 0.717) is 40.2 Å². The van der Waals surface area contributed by atoms with Crippen LogP contribution in [0.1, 0.15) is 48.9 Å². The maximum atomic E-state index is 13.2. The molecule has 1 aliphatic heterocycles. The number of ether oxygens (including phenoxy) is 1. The van der Waals surface area contributed by atoms with Crippen LogP contribution in [0.5, 0.6) is 5.75 Å². The molecule has 8 heteroatoms. The van der Waals surface area contributed by atoms with Crippen LogP contribution in [0.2, 0.25) is 5.02 Å². The summed E-state index contributed by atoms with van der Waals surface area (Å²) in [4.78, 5) is 31.8. The summed E-state index contributed by atoms with van der Waals surface area (Å²) in [5.41, 5.74) is 1.12. The first-order valence-corrected chi connectivity index (χ1v) is 13.1. The lowest BCUT2D eigenvalue weighted by atomic mass is 9.81. The van der Waals surface area contributed by atoms with E-state index in [9.17, 15) is 14.7 Å². The van der Waals surface area contributed by atoms with Gasteiger partial charge >= 0.3 is 5.97 Å². The lowest BCUT2D eigenvalue weighted by molar-refractivity contribution is -0.146. The van der Waals surface area contributed by atoms with Crippen molar-refractivity contribution in [2.45, 2.75) is 43.8 Å². The molecule has 1 aliphatic carbocycles. The van der Waals surface area contributed by atoms with Crippen molar-refractivity contribution in [3.05, 3.63) is 35.0 Å². The van der Waals surface area contributed by atoms with Gasteiger partial charge in [-0.2, -0.15) is 11.8 Å². The van der Waals surface area contributed by atoms with Crippen molar-refractivity contribution in [1.82, 2.24) is 9.88 Å². The zero-order valence-corrected chi connectivity index (χ0v) is 20.5. The number of fused-ring (bicyclic) bond motifs is 1. The number of pyridine rings is 1. The minimum atomic E-state index is -0.763. The summed E-state index contributed by atoms with van der Waals surface area (Å²) in [5, 5.41) is 11.6. The second kappa shape index (κ2) is 11.1. The van der Waals surface area contributed by atoms with Gasteiger partial charge in [0.05, 0.1) is 23.6 Å². The molecular formula is C25H31ClN2O4S. The third kappa shape index (κ3) is 5.81.